The van der Waals surface area contributed by atoms with Crippen LogP contribution in [0.4, 0.5) is 22.1 Å². The maximum atomic E-state index is 12.2. The third kappa shape index (κ3) is 5.01. The van der Waals surface area contributed by atoms with E-state index < -0.39 is 11.7 Å². The van der Waals surface area contributed by atoms with Crippen LogP contribution in [0.1, 0.15) is 27.2 Å². The fourth-order valence-corrected chi connectivity index (χ4v) is 4.07. The molecule has 1 atom stereocenters. The normalized spacial score (nSPS) is 19.3. The SMILES string of the molecule is CC(C)(C)OC(=O)N[C@@H]1CCN(c2nc(N3CCOCC3)cc3cc([N+](=O)[O-])ccc23)C1. The Morgan fingerprint density at radius 2 is 1.97 bits per heavy atom. The van der Waals surface area contributed by atoms with E-state index in [9.17, 15) is 14.9 Å². The highest BCUT2D eigenvalue weighted by Crippen LogP contribution is 2.33. The molecule has 4 rings (SSSR count). The molecule has 32 heavy (non-hydrogen) atoms. The summed E-state index contributed by atoms with van der Waals surface area (Å²) in [7, 11) is 0. The lowest BCUT2D eigenvalue weighted by molar-refractivity contribution is -0.384. The zero-order valence-electron chi connectivity index (χ0n) is 18.7. The van der Waals surface area contributed by atoms with Crippen LogP contribution in [0.2, 0.25) is 0 Å². The number of rotatable bonds is 4. The van der Waals surface area contributed by atoms with E-state index in [0.29, 0.717) is 26.3 Å². The molecule has 3 heterocycles. The van der Waals surface area contributed by atoms with Crippen LogP contribution < -0.4 is 15.1 Å². The van der Waals surface area contributed by atoms with Gasteiger partial charge in [-0.25, -0.2) is 9.78 Å². The van der Waals surface area contributed by atoms with E-state index in [4.69, 9.17) is 14.5 Å². The van der Waals surface area contributed by atoms with Gasteiger partial charge in [-0.3, -0.25) is 10.1 Å². The number of fused-ring (bicyclic) bond motifs is 1. The van der Waals surface area contributed by atoms with Crippen molar-refractivity contribution in [3.8, 4) is 0 Å². The number of nitrogens with zero attached hydrogens (tertiary/aromatic N) is 4. The lowest BCUT2D eigenvalue weighted by Crippen LogP contribution is -2.40. The summed E-state index contributed by atoms with van der Waals surface area (Å²) in [6.45, 7) is 9.48. The molecule has 2 saturated heterocycles. The van der Waals surface area contributed by atoms with Gasteiger partial charge in [0.25, 0.3) is 5.69 Å². The molecule has 1 aromatic heterocycles. The van der Waals surface area contributed by atoms with Crippen LogP contribution in [-0.2, 0) is 9.47 Å². The summed E-state index contributed by atoms with van der Waals surface area (Å²) in [5, 5.41) is 15.9. The van der Waals surface area contributed by atoms with Crippen molar-refractivity contribution in [2.24, 2.45) is 0 Å². The van der Waals surface area contributed by atoms with Crippen LogP contribution in [0.5, 0.6) is 0 Å². The van der Waals surface area contributed by atoms with Crippen molar-refractivity contribution in [3.63, 3.8) is 0 Å². The largest absolute Gasteiger partial charge is 0.444 e. The second-order valence-corrected chi connectivity index (χ2v) is 9.14. The summed E-state index contributed by atoms with van der Waals surface area (Å²) < 4.78 is 10.8. The summed E-state index contributed by atoms with van der Waals surface area (Å²) in [4.78, 5) is 32.3. The number of nitro groups is 1. The van der Waals surface area contributed by atoms with Crippen LogP contribution in [-0.4, -0.2) is 67.0 Å². The lowest BCUT2D eigenvalue weighted by atomic mass is 10.1. The molecule has 0 saturated carbocycles. The molecule has 0 bridgehead atoms. The molecular formula is C22H29N5O5. The van der Waals surface area contributed by atoms with Crippen molar-refractivity contribution in [3.05, 3.63) is 34.4 Å². The molecule has 10 heteroatoms. The predicted molar refractivity (Wildman–Crippen MR) is 121 cm³/mol. The number of pyridine rings is 1. The summed E-state index contributed by atoms with van der Waals surface area (Å²) in [6.07, 6.45) is 0.330. The van der Waals surface area contributed by atoms with Crippen molar-refractivity contribution in [1.29, 1.82) is 0 Å². The van der Waals surface area contributed by atoms with Gasteiger partial charge in [-0.05, 0) is 44.7 Å². The van der Waals surface area contributed by atoms with Crippen LogP contribution >= 0.6 is 0 Å². The van der Waals surface area contributed by atoms with Gasteiger partial charge < -0.3 is 24.6 Å². The number of alkyl carbamates (subject to hydrolysis) is 1. The molecule has 10 nitrogen and oxygen atoms in total. The van der Waals surface area contributed by atoms with Crippen LogP contribution in [0.15, 0.2) is 24.3 Å². The second kappa shape index (κ2) is 8.78. The first-order valence-electron chi connectivity index (χ1n) is 10.9. The number of carbonyl (C=O) groups excluding carboxylic acids is 1. The molecule has 0 aliphatic carbocycles. The van der Waals surface area contributed by atoms with Gasteiger partial charge >= 0.3 is 6.09 Å². The number of anilines is 2. The monoisotopic (exact) mass is 443 g/mol. The molecule has 2 fully saturated rings. The molecule has 2 aliphatic rings. The number of hydrogen-bond donors (Lipinski definition) is 1. The number of hydrogen-bond acceptors (Lipinski definition) is 8. The first-order valence-corrected chi connectivity index (χ1v) is 10.9. The molecular weight excluding hydrogens is 414 g/mol. The first-order chi connectivity index (χ1) is 15.2. The Morgan fingerprint density at radius 1 is 1.22 bits per heavy atom. The number of nitrogens with one attached hydrogen (secondary N) is 1. The molecule has 1 N–H and O–H groups in total. The van der Waals surface area contributed by atoms with E-state index in [0.717, 1.165) is 41.9 Å². The highest BCUT2D eigenvalue weighted by molar-refractivity contribution is 5.95. The van der Waals surface area contributed by atoms with E-state index in [1.54, 1.807) is 12.1 Å². The van der Waals surface area contributed by atoms with Crippen molar-refractivity contribution >= 4 is 34.2 Å². The number of non-ortho nitro benzene ring substituents is 1. The van der Waals surface area contributed by atoms with E-state index >= 15 is 0 Å². The summed E-state index contributed by atoms with van der Waals surface area (Å²) in [5.74, 6) is 1.55. The van der Waals surface area contributed by atoms with Crippen LogP contribution in [0, 0.1) is 10.1 Å². The summed E-state index contributed by atoms with van der Waals surface area (Å²) in [6, 6.07) is 6.70. The minimum absolute atomic E-state index is 0.0495. The van der Waals surface area contributed by atoms with Crippen LogP contribution in [0.25, 0.3) is 10.8 Å². The Kier molecular flexibility index (Phi) is 6.05. The van der Waals surface area contributed by atoms with E-state index in [1.807, 2.05) is 26.8 Å². The number of morpholine rings is 1. The number of carbonyl (C=O) groups is 1. The van der Waals surface area contributed by atoms with Crippen molar-refractivity contribution in [1.82, 2.24) is 10.3 Å². The average Bonchev–Trinajstić information content (AvgIpc) is 3.19. The van der Waals surface area contributed by atoms with Gasteiger partial charge in [-0.1, -0.05) is 0 Å². The maximum Gasteiger partial charge on any atom is 0.407 e. The highest BCUT2D eigenvalue weighted by atomic mass is 16.6. The third-order valence-corrected chi connectivity index (χ3v) is 5.54. The van der Waals surface area contributed by atoms with Gasteiger partial charge in [-0.2, -0.15) is 0 Å². The van der Waals surface area contributed by atoms with Crippen molar-refractivity contribution < 1.29 is 19.2 Å². The molecule has 1 aromatic carbocycles. The molecule has 2 aliphatic heterocycles. The average molecular weight is 444 g/mol. The Bertz CT molecular complexity index is 1020. The maximum absolute atomic E-state index is 12.2. The third-order valence-electron chi connectivity index (χ3n) is 5.54. The smallest absolute Gasteiger partial charge is 0.407 e. The van der Waals surface area contributed by atoms with Gasteiger partial charge in [0, 0.05) is 43.7 Å². The number of aromatic nitrogens is 1. The standard InChI is InChI=1S/C22H29N5O5/c1-22(2,3)32-21(28)23-16-6-7-26(14-16)20-18-5-4-17(27(29)30)12-15(18)13-19(24-20)25-8-10-31-11-9-25/h4-5,12-13,16H,6-11,14H2,1-3H3,(H,23,28)/t16-/m1/s1. The van der Waals surface area contributed by atoms with Crippen LogP contribution in [0.3, 0.4) is 0 Å². The minimum atomic E-state index is -0.554. The van der Waals surface area contributed by atoms with Crippen molar-refractivity contribution in [2.45, 2.75) is 38.8 Å². The Labute approximate surface area is 186 Å². The lowest BCUT2D eigenvalue weighted by Gasteiger charge is -2.29. The molecule has 2 aromatic rings. The number of benzene rings is 1. The fourth-order valence-electron chi connectivity index (χ4n) is 4.07. The number of ether oxygens (including phenoxy) is 2. The van der Waals surface area contributed by atoms with E-state index in [1.165, 1.54) is 6.07 Å². The first kappa shape index (κ1) is 22.1. The van der Waals surface area contributed by atoms with Gasteiger partial charge in [0.1, 0.15) is 17.2 Å². The molecule has 0 spiro atoms. The zero-order valence-corrected chi connectivity index (χ0v) is 18.7. The number of amides is 1. The summed E-state index contributed by atoms with van der Waals surface area (Å²) in [5.41, 5.74) is -0.505. The zero-order chi connectivity index (χ0) is 22.9. The summed E-state index contributed by atoms with van der Waals surface area (Å²) >= 11 is 0. The molecule has 172 valence electrons. The van der Waals surface area contributed by atoms with Gasteiger partial charge in [-0.15, -0.1) is 0 Å². The molecule has 1 amide bonds. The Hall–Kier alpha value is -3.14. The Morgan fingerprint density at radius 3 is 2.66 bits per heavy atom. The number of nitro benzene ring substituents is 1. The molecule has 0 unspecified atom stereocenters. The topological polar surface area (TPSA) is 110 Å². The fraction of sp³-hybridized carbons (Fsp3) is 0.545. The van der Waals surface area contributed by atoms with Gasteiger partial charge in [0.15, 0.2) is 0 Å². The van der Waals surface area contributed by atoms with Gasteiger partial charge in [0.05, 0.1) is 24.2 Å². The van der Waals surface area contributed by atoms with Gasteiger partial charge in [0.2, 0.25) is 0 Å². The van der Waals surface area contributed by atoms with E-state index in [2.05, 4.69) is 15.1 Å². The predicted octanol–water partition coefficient (Wildman–Crippen LogP) is 3.08. The minimum Gasteiger partial charge on any atom is -0.444 e. The quantitative estimate of drug-likeness (QED) is 0.567. The second-order valence-electron chi connectivity index (χ2n) is 9.14. The highest BCUT2D eigenvalue weighted by Gasteiger charge is 2.29. The van der Waals surface area contributed by atoms with E-state index in [-0.39, 0.29) is 16.7 Å². The Balaban J connectivity index is 1.62. The molecule has 0 radical (unpaired) electrons. The van der Waals surface area contributed by atoms with Crippen molar-refractivity contribution in [2.75, 3.05) is 49.2 Å².